The zero-order chi connectivity index (χ0) is 44.6. The van der Waals surface area contributed by atoms with E-state index in [4.69, 9.17) is 34.8 Å². The lowest BCUT2D eigenvalue weighted by molar-refractivity contribution is 0.565. The molecule has 7 heteroatoms. The molecule has 6 aromatic rings. The summed E-state index contributed by atoms with van der Waals surface area (Å²) in [4.78, 5) is 5.21. The van der Waals surface area contributed by atoms with Crippen LogP contribution in [0.1, 0.15) is 150 Å². The maximum Gasteiger partial charge on any atom is 0.180 e. The summed E-state index contributed by atoms with van der Waals surface area (Å²) in [5, 5.41) is 0. The van der Waals surface area contributed by atoms with Crippen molar-refractivity contribution in [1.82, 2.24) is 0 Å². The molecule has 0 bridgehead atoms. The van der Waals surface area contributed by atoms with Crippen LogP contribution in [0.3, 0.4) is 0 Å². The third-order valence-corrected chi connectivity index (χ3v) is 16.6. The van der Waals surface area contributed by atoms with Crippen LogP contribution in [0, 0.1) is 0 Å². The molecule has 0 atom stereocenters. The van der Waals surface area contributed by atoms with Crippen LogP contribution >= 0.6 is 66.7 Å². The second-order valence-corrected chi connectivity index (χ2v) is 25.0. The van der Waals surface area contributed by atoms with E-state index in [0.29, 0.717) is 0 Å². The van der Waals surface area contributed by atoms with Crippen LogP contribution in [0.25, 0.3) is 0 Å². The molecule has 6 aliphatic rings. The lowest BCUT2D eigenvalue weighted by atomic mass is 9.61. The van der Waals surface area contributed by atoms with Gasteiger partial charge in [0.2, 0.25) is 0 Å². The molecule has 0 amide bonds. The molecule has 0 spiro atoms. The van der Waals surface area contributed by atoms with Gasteiger partial charge in [0.25, 0.3) is 0 Å². The Morgan fingerprint density at radius 2 is 0.468 bits per heavy atom. The van der Waals surface area contributed by atoms with E-state index in [1.165, 1.54) is 101 Å². The van der Waals surface area contributed by atoms with E-state index >= 15 is 0 Å². The lowest BCUT2D eigenvalue weighted by Crippen LogP contribution is -2.43. The summed E-state index contributed by atoms with van der Waals surface area (Å²) in [5.74, 6) is 0. The number of benzene rings is 6. The van der Waals surface area contributed by atoms with Gasteiger partial charge in [-0.1, -0.05) is 223 Å². The molecule has 6 aliphatic heterocycles. The molecule has 0 saturated carbocycles. The highest BCUT2D eigenvalue weighted by molar-refractivity contribution is 9.10. The standard InChI is InChI=1S/C27H25Br2N.C27H27N.CHCl3/c1-25(2)16-8-7-9-17-22(16)30-23-18(25)10-14(28)12-20(23)27(5,6)21-13-15(29)11-19(24(21)30)26(17,3)4;1-25(2)16-10-7-12-18-22(16)28-23-17(25)11-8-13-19(23)27(5,6)21-15-9-14-20(24(21)28)26(18,3)4;2-1(3)4/h7-13H,1-6H3;7-15H,1-6H3;1H. The molecule has 318 valence electrons. The van der Waals surface area contributed by atoms with Crippen LogP contribution in [-0.4, -0.2) is 4.30 Å². The van der Waals surface area contributed by atoms with Gasteiger partial charge in [-0.05, 0) is 91.0 Å². The first-order chi connectivity index (χ1) is 28.9. The van der Waals surface area contributed by atoms with Gasteiger partial charge in [-0.25, -0.2) is 0 Å². The van der Waals surface area contributed by atoms with Crippen molar-refractivity contribution in [1.29, 1.82) is 0 Å². The summed E-state index contributed by atoms with van der Waals surface area (Å²) in [7, 11) is 0. The van der Waals surface area contributed by atoms with Crippen molar-refractivity contribution >= 4 is 101 Å². The smallest absolute Gasteiger partial charge is 0.180 e. The number of rotatable bonds is 0. The zero-order valence-electron chi connectivity index (χ0n) is 37.6. The fourth-order valence-electron chi connectivity index (χ4n) is 12.3. The molecule has 6 heterocycles. The number of hydrogen-bond donors (Lipinski definition) is 0. The molecule has 0 saturated heterocycles. The van der Waals surface area contributed by atoms with Gasteiger partial charge < -0.3 is 9.80 Å². The van der Waals surface area contributed by atoms with Gasteiger partial charge in [0.15, 0.2) is 4.30 Å². The maximum absolute atomic E-state index is 4.81. The monoisotopic (exact) mass is 1000 g/mol. The Morgan fingerprint density at radius 3 is 0.661 bits per heavy atom. The van der Waals surface area contributed by atoms with E-state index in [0.717, 1.165) is 8.95 Å². The minimum Gasteiger partial charge on any atom is -0.309 e. The van der Waals surface area contributed by atoms with Crippen LogP contribution in [-0.2, 0) is 32.5 Å². The molecule has 62 heavy (non-hydrogen) atoms. The third kappa shape index (κ3) is 5.40. The maximum atomic E-state index is 4.81. The Hall–Kier alpha value is -3.25. The topological polar surface area (TPSA) is 6.48 Å². The van der Waals surface area contributed by atoms with Gasteiger partial charge in [-0.3, -0.25) is 0 Å². The third-order valence-electron chi connectivity index (χ3n) is 15.7. The Labute approximate surface area is 400 Å². The van der Waals surface area contributed by atoms with Crippen molar-refractivity contribution in [2.45, 2.75) is 120 Å². The highest BCUT2D eigenvalue weighted by atomic mass is 79.9. The van der Waals surface area contributed by atoms with Crippen molar-refractivity contribution in [3.05, 3.63) is 173 Å². The minimum absolute atomic E-state index is 0.0108. The SMILES string of the molecule is CC1(C)c2cccc3c2N2c4c1cc(Br)cc4C(C)(C)c1cc(Br)cc(c12)C3(C)C.CC1(C)c2cccc3c2N2c4c1cccc4C(C)(C)c1cccc(c12)C3(C)C.ClC(Cl)Cl. The van der Waals surface area contributed by atoms with Crippen molar-refractivity contribution in [3.63, 3.8) is 0 Å². The zero-order valence-corrected chi connectivity index (χ0v) is 43.0. The molecule has 6 aromatic carbocycles. The van der Waals surface area contributed by atoms with E-state index in [1.807, 2.05) is 0 Å². The summed E-state index contributed by atoms with van der Waals surface area (Å²) in [5.41, 5.74) is 25.3. The van der Waals surface area contributed by atoms with Crippen LogP contribution in [0.4, 0.5) is 34.1 Å². The molecule has 0 fully saturated rings. The van der Waals surface area contributed by atoms with E-state index < -0.39 is 4.30 Å². The molecule has 0 aromatic heterocycles. The van der Waals surface area contributed by atoms with Gasteiger partial charge in [0.05, 0.1) is 34.1 Å². The number of hydrogen-bond acceptors (Lipinski definition) is 2. The molecule has 12 rings (SSSR count). The predicted octanol–water partition coefficient (Wildman–Crippen LogP) is 17.7. The quantitative estimate of drug-likeness (QED) is 0.140. The van der Waals surface area contributed by atoms with Crippen molar-refractivity contribution in [2.24, 2.45) is 0 Å². The van der Waals surface area contributed by atoms with Gasteiger partial charge >= 0.3 is 0 Å². The van der Waals surface area contributed by atoms with Crippen LogP contribution in [0.15, 0.2) is 106 Å². The number of anilines is 6. The van der Waals surface area contributed by atoms with Gasteiger partial charge in [-0.15, -0.1) is 0 Å². The first kappa shape index (κ1) is 42.7. The Kier molecular flexibility index (Phi) is 9.24. The average Bonchev–Trinajstić information content (AvgIpc) is 3.19. The summed E-state index contributed by atoms with van der Waals surface area (Å²) in [6.45, 7) is 28.7. The molecular weight excluding hydrogens is 955 g/mol. The minimum atomic E-state index is -0.750. The Balaban J connectivity index is 0.000000137. The molecular formula is C55H53Br2Cl3N2. The number of para-hydroxylation sites is 4. The van der Waals surface area contributed by atoms with E-state index in [1.54, 1.807) is 0 Å². The summed E-state index contributed by atoms with van der Waals surface area (Å²) in [6, 6.07) is 37.1. The van der Waals surface area contributed by atoms with Gasteiger partial charge in [-0.2, -0.15) is 0 Å². The molecule has 0 N–H and O–H groups in total. The van der Waals surface area contributed by atoms with Crippen molar-refractivity contribution < 1.29 is 0 Å². The van der Waals surface area contributed by atoms with Crippen LogP contribution in [0.2, 0.25) is 0 Å². The van der Waals surface area contributed by atoms with E-state index in [-0.39, 0.29) is 32.5 Å². The van der Waals surface area contributed by atoms with Crippen LogP contribution < -0.4 is 9.80 Å². The van der Waals surface area contributed by atoms with Crippen molar-refractivity contribution in [2.75, 3.05) is 9.80 Å². The number of nitrogens with zero attached hydrogens (tertiary/aromatic N) is 2. The van der Waals surface area contributed by atoms with Crippen LogP contribution in [0.5, 0.6) is 0 Å². The second kappa shape index (κ2) is 13.4. The first-order valence-electron chi connectivity index (χ1n) is 21.7. The molecule has 0 unspecified atom stereocenters. The summed E-state index contributed by atoms with van der Waals surface area (Å²) < 4.78 is 1.57. The predicted molar refractivity (Wildman–Crippen MR) is 272 cm³/mol. The van der Waals surface area contributed by atoms with Gasteiger partial charge in [0, 0.05) is 41.4 Å². The van der Waals surface area contributed by atoms with Gasteiger partial charge in [0.1, 0.15) is 0 Å². The Morgan fingerprint density at radius 1 is 0.323 bits per heavy atom. The normalized spacial score (nSPS) is 19.6. The number of alkyl halides is 3. The average molecular weight is 1010 g/mol. The van der Waals surface area contributed by atoms with E-state index in [2.05, 4.69) is 222 Å². The second-order valence-electron chi connectivity index (χ2n) is 21.2. The number of halogens is 5. The first-order valence-corrected chi connectivity index (χ1v) is 24.6. The van der Waals surface area contributed by atoms with E-state index in [9.17, 15) is 0 Å². The highest BCUT2D eigenvalue weighted by Gasteiger charge is 2.53. The summed E-state index contributed by atoms with van der Waals surface area (Å²) >= 11 is 22.1. The molecule has 0 radical (unpaired) electrons. The fraction of sp³-hybridized carbons (Fsp3) is 0.345. The van der Waals surface area contributed by atoms with Crippen molar-refractivity contribution in [3.8, 4) is 0 Å². The molecule has 0 aliphatic carbocycles. The largest absolute Gasteiger partial charge is 0.309 e. The Bertz CT molecular complexity index is 2630. The summed E-state index contributed by atoms with van der Waals surface area (Å²) in [6.07, 6.45) is 0. The molecule has 2 nitrogen and oxygen atoms in total. The highest BCUT2D eigenvalue weighted by Crippen LogP contribution is 2.68. The fourth-order valence-corrected chi connectivity index (χ4v) is 13.2. The lowest BCUT2D eigenvalue weighted by Gasteiger charge is -2.55.